The quantitative estimate of drug-likeness (QED) is 0.180. The Hall–Kier alpha value is -6.23. The minimum atomic E-state index is 0.929. The van der Waals surface area contributed by atoms with E-state index in [4.69, 9.17) is 9.97 Å². The summed E-state index contributed by atoms with van der Waals surface area (Å²) in [4.78, 5) is 15.0. The predicted molar refractivity (Wildman–Crippen MR) is 207 cm³/mol. The molecule has 0 atom stereocenters. The summed E-state index contributed by atoms with van der Waals surface area (Å²) >= 11 is 1.75. The molecular formula is C45H27N3S. The molecule has 0 N–H and O–H groups in total. The Bertz CT molecular complexity index is 2900. The van der Waals surface area contributed by atoms with Gasteiger partial charge in [-0.3, -0.25) is 4.98 Å². The molecule has 0 saturated carbocycles. The van der Waals surface area contributed by atoms with Crippen molar-refractivity contribution in [3.63, 3.8) is 0 Å². The van der Waals surface area contributed by atoms with Gasteiger partial charge in [0.2, 0.25) is 0 Å². The van der Waals surface area contributed by atoms with Crippen LogP contribution in [0.15, 0.2) is 164 Å². The minimum Gasteiger partial charge on any atom is -0.254 e. The number of aromatic nitrogens is 3. The number of rotatable bonds is 4. The summed E-state index contributed by atoms with van der Waals surface area (Å²) < 4.78 is 1.19. The van der Waals surface area contributed by atoms with Crippen LogP contribution in [-0.2, 0) is 0 Å². The van der Waals surface area contributed by atoms with Crippen molar-refractivity contribution in [3.8, 4) is 44.1 Å². The van der Waals surface area contributed by atoms with E-state index in [1.54, 1.807) is 11.3 Å². The van der Waals surface area contributed by atoms with E-state index in [0.29, 0.717) is 0 Å². The van der Waals surface area contributed by atoms with Crippen molar-refractivity contribution in [2.75, 3.05) is 0 Å². The predicted octanol–water partition coefficient (Wildman–Crippen LogP) is 12.4. The first kappa shape index (κ1) is 27.8. The van der Waals surface area contributed by atoms with Gasteiger partial charge in [0.05, 0.1) is 26.9 Å². The zero-order chi connectivity index (χ0) is 32.3. The number of pyridine rings is 2. The standard InChI is InChI=1S/C45H27N3S/c1-2-13-34-28(8-1)9-6-16-39(34)45-48-41-27-32(20-24-42(41)49-45)31-10-5-11-33(26-31)35-21-22-38(37-15-4-3-14-36(35)37)40-23-19-30-18-17-29-12-7-25-46-43(29)44(30)47-40/h1-27H. The second kappa shape index (κ2) is 11.2. The molecule has 0 saturated heterocycles. The highest BCUT2D eigenvalue weighted by Crippen LogP contribution is 2.39. The molecule has 10 aromatic rings. The maximum absolute atomic E-state index is 5.17. The highest BCUT2D eigenvalue weighted by Gasteiger charge is 2.14. The fraction of sp³-hybridized carbons (Fsp3) is 0. The summed E-state index contributed by atoms with van der Waals surface area (Å²) in [7, 11) is 0. The Labute approximate surface area is 286 Å². The number of hydrogen-bond donors (Lipinski definition) is 0. The van der Waals surface area contributed by atoms with Crippen LogP contribution >= 0.6 is 11.3 Å². The number of benzene rings is 7. The van der Waals surface area contributed by atoms with E-state index in [-0.39, 0.29) is 0 Å². The summed E-state index contributed by atoms with van der Waals surface area (Å²) in [5.41, 5.74) is 10.8. The Morgan fingerprint density at radius 2 is 1.10 bits per heavy atom. The molecular weight excluding hydrogens is 615 g/mol. The molecule has 49 heavy (non-hydrogen) atoms. The van der Waals surface area contributed by atoms with Crippen LogP contribution in [0.1, 0.15) is 0 Å². The highest BCUT2D eigenvalue weighted by atomic mass is 32.1. The molecule has 0 aliphatic heterocycles. The number of hydrogen-bond acceptors (Lipinski definition) is 4. The van der Waals surface area contributed by atoms with E-state index in [1.165, 1.54) is 48.5 Å². The van der Waals surface area contributed by atoms with Crippen LogP contribution in [0.3, 0.4) is 0 Å². The second-order valence-corrected chi connectivity index (χ2v) is 13.5. The summed E-state index contributed by atoms with van der Waals surface area (Å²) in [6.07, 6.45) is 1.84. The SMILES string of the molecule is c1cc(-c2ccc3sc(-c4cccc5ccccc45)nc3c2)cc(-c2ccc(-c3ccc4ccc5cccnc5c4n3)c3ccccc23)c1. The first-order valence-electron chi connectivity index (χ1n) is 16.4. The number of thiazole rings is 1. The molecule has 0 bridgehead atoms. The molecule has 0 aliphatic rings. The van der Waals surface area contributed by atoms with Crippen LogP contribution in [-0.4, -0.2) is 15.0 Å². The van der Waals surface area contributed by atoms with Crippen molar-refractivity contribution in [3.05, 3.63) is 164 Å². The highest BCUT2D eigenvalue weighted by molar-refractivity contribution is 7.21. The first-order valence-corrected chi connectivity index (χ1v) is 17.2. The molecule has 0 spiro atoms. The molecule has 228 valence electrons. The molecule has 10 rings (SSSR count). The Balaban J connectivity index is 1.05. The van der Waals surface area contributed by atoms with Gasteiger partial charge in [0.1, 0.15) is 5.01 Å². The first-order chi connectivity index (χ1) is 24.3. The van der Waals surface area contributed by atoms with Crippen LogP contribution in [0.25, 0.3) is 97.6 Å². The van der Waals surface area contributed by atoms with Gasteiger partial charge < -0.3 is 0 Å². The van der Waals surface area contributed by atoms with Crippen LogP contribution in [0.4, 0.5) is 0 Å². The lowest BCUT2D eigenvalue weighted by Crippen LogP contribution is -1.91. The molecule has 7 aromatic carbocycles. The fourth-order valence-corrected chi connectivity index (χ4v) is 8.13. The molecule has 0 aliphatic carbocycles. The monoisotopic (exact) mass is 641 g/mol. The average Bonchev–Trinajstić information content (AvgIpc) is 3.60. The lowest BCUT2D eigenvalue weighted by molar-refractivity contribution is 1.37. The van der Waals surface area contributed by atoms with Crippen LogP contribution in [0, 0.1) is 0 Å². The van der Waals surface area contributed by atoms with Gasteiger partial charge in [-0.1, -0.05) is 127 Å². The smallest absolute Gasteiger partial charge is 0.125 e. The molecule has 0 amide bonds. The largest absolute Gasteiger partial charge is 0.254 e. The van der Waals surface area contributed by atoms with Gasteiger partial charge in [-0.05, 0) is 74.1 Å². The number of nitrogens with zero attached hydrogens (tertiary/aromatic N) is 3. The minimum absolute atomic E-state index is 0.929. The van der Waals surface area contributed by atoms with Gasteiger partial charge in [-0.25, -0.2) is 9.97 Å². The molecule has 0 fully saturated rings. The van der Waals surface area contributed by atoms with E-state index < -0.39 is 0 Å². The zero-order valence-electron chi connectivity index (χ0n) is 26.3. The topological polar surface area (TPSA) is 38.7 Å². The molecule has 0 unspecified atom stereocenters. The van der Waals surface area contributed by atoms with E-state index in [1.807, 2.05) is 12.3 Å². The maximum Gasteiger partial charge on any atom is 0.125 e. The molecule has 3 nitrogen and oxygen atoms in total. The van der Waals surface area contributed by atoms with Crippen LogP contribution in [0.2, 0.25) is 0 Å². The normalized spacial score (nSPS) is 11.7. The Kier molecular flexibility index (Phi) is 6.36. The van der Waals surface area contributed by atoms with Crippen LogP contribution in [0.5, 0.6) is 0 Å². The lowest BCUT2D eigenvalue weighted by atomic mass is 9.92. The van der Waals surface area contributed by atoms with Gasteiger partial charge in [-0.15, -0.1) is 11.3 Å². The van der Waals surface area contributed by atoms with Gasteiger partial charge in [0.15, 0.2) is 0 Å². The summed E-state index contributed by atoms with van der Waals surface area (Å²) in [5, 5.41) is 8.08. The van der Waals surface area contributed by atoms with Crippen LogP contribution < -0.4 is 0 Å². The van der Waals surface area contributed by atoms with Gasteiger partial charge >= 0.3 is 0 Å². The fourth-order valence-electron chi connectivity index (χ4n) is 7.15. The lowest BCUT2D eigenvalue weighted by Gasteiger charge is -2.13. The molecule has 3 heterocycles. The van der Waals surface area contributed by atoms with Crippen molar-refractivity contribution in [2.24, 2.45) is 0 Å². The maximum atomic E-state index is 5.17. The zero-order valence-corrected chi connectivity index (χ0v) is 27.2. The number of fused-ring (bicyclic) bond motifs is 6. The summed E-state index contributed by atoms with van der Waals surface area (Å²) in [6, 6.07) is 56.2. The summed E-state index contributed by atoms with van der Waals surface area (Å²) in [5.74, 6) is 0. The Morgan fingerprint density at radius 3 is 2.02 bits per heavy atom. The third-order valence-corrected chi connectivity index (χ3v) is 10.6. The van der Waals surface area contributed by atoms with Crippen molar-refractivity contribution < 1.29 is 0 Å². The van der Waals surface area contributed by atoms with Gasteiger partial charge in [0.25, 0.3) is 0 Å². The van der Waals surface area contributed by atoms with E-state index in [0.717, 1.165) is 49.2 Å². The third-order valence-electron chi connectivity index (χ3n) is 9.55. The molecule has 3 aromatic heterocycles. The van der Waals surface area contributed by atoms with Crippen molar-refractivity contribution in [1.82, 2.24) is 15.0 Å². The third kappa shape index (κ3) is 4.68. The van der Waals surface area contributed by atoms with Crippen molar-refractivity contribution in [1.29, 1.82) is 0 Å². The second-order valence-electron chi connectivity index (χ2n) is 12.4. The average molecular weight is 642 g/mol. The van der Waals surface area contributed by atoms with Gasteiger partial charge in [0, 0.05) is 28.1 Å². The van der Waals surface area contributed by atoms with E-state index >= 15 is 0 Å². The van der Waals surface area contributed by atoms with Crippen molar-refractivity contribution in [2.45, 2.75) is 0 Å². The van der Waals surface area contributed by atoms with Gasteiger partial charge in [-0.2, -0.15) is 0 Å². The van der Waals surface area contributed by atoms with E-state index in [2.05, 4.69) is 157 Å². The Morgan fingerprint density at radius 1 is 0.408 bits per heavy atom. The molecule has 4 heteroatoms. The van der Waals surface area contributed by atoms with Crippen molar-refractivity contribution >= 4 is 64.9 Å². The van der Waals surface area contributed by atoms with E-state index in [9.17, 15) is 0 Å². The summed E-state index contributed by atoms with van der Waals surface area (Å²) in [6.45, 7) is 0. The molecule has 0 radical (unpaired) electrons.